The monoisotopic (exact) mass is 120 g/mol. The van der Waals surface area contributed by atoms with Crippen LogP contribution in [0.15, 0.2) is 0 Å². The molecule has 4 N–H and O–H groups in total. The van der Waals surface area contributed by atoms with Gasteiger partial charge in [-0.05, 0) is 19.1 Å². The lowest BCUT2D eigenvalue weighted by molar-refractivity contribution is -0.106. The fourth-order valence-corrected chi connectivity index (χ4v) is 0. The molecule has 0 amide bonds. The maximum atomic E-state index is 8.81. The number of hydrogen-bond acceptors (Lipinski definition) is 2. The lowest BCUT2D eigenvalue weighted by Crippen LogP contribution is -2.18. The number of nitrogens with two attached hydrogens (primary N) is 2. The van der Waals surface area contributed by atoms with Crippen molar-refractivity contribution in [2.24, 2.45) is 11.5 Å². The fourth-order valence-electron chi connectivity index (χ4n) is 0. The Morgan fingerprint density at radius 2 is 1.71 bits per heavy atom. The Balaban J connectivity index is 0. The molecule has 0 bridgehead atoms. The molecule has 0 atom stereocenters. The van der Waals surface area contributed by atoms with E-state index in [1.807, 2.05) is 0 Å². The number of rotatable bonds is 0. The predicted octanol–water partition coefficient (Wildman–Crippen LogP) is -0.606. The van der Waals surface area contributed by atoms with E-state index in [0.29, 0.717) is 0 Å². The number of carbonyl (C=O) groups excluding carboxylic acids is 1. The summed E-state index contributed by atoms with van der Waals surface area (Å²) in [4.78, 5) is 8.81. The van der Waals surface area contributed by atoms with Gasteiger partial charge in [-0.25, -0.2) is 0 Å². The maximum Gasteiger partial charge on any atom is 0.160 e. The second kappa shape index (κ2) is 9.03. The first-order valence-electron chi connectivity index (χ1n) is 1.59. The SMILES string of the molecule is CC=O.NC(N)=S. The third-order valence-corrected chi connectivity index (χ3v) is 0. The Morgan fingerprint density at radius 3 is 1.71 bits per heavy atom. The van der Waals surface area contributed by atoms with Gasteiger partial charge in [-0.2, -0.15) is 0 Å². The van der Waals surface area contributed by atoms with Gasteiger partial charge in [-0.15, -0.1) is 0 Å². The van der Waals surface area contributed by atoms with Crippen LogP contribution in [-0.2, 0) is 4.79 Å². The van der Waals surface area contributed by atoms with E-state index in [-0.39, 0.29) is 5.11 Å². The number of thiocarbonyl (C=S) groups is 1. The van der Waals surface area contributed by atoms with Gasteiger partial charge in [0.15, 0.2) is 5.11 Å². The van der Waals surface area contributed by atoms with Crippen LogP contribution in [0.5, 0.6) is 0 Å². The van der Waals surface area contributed by atoms with E-state index >= 15 is 0 Å². The van der Waals surface area contributed by atoms with E-state index in [2.05, 4.69) is 23.7 Å². The summed E-state index contributed by atoms with van der Waals surface area (Å²) in [7, 11) is 0. The molecule has 3 nitrogen and oxygen atoms in total. The minimum absolute atomic E-state index is 0.000000000000000222. The zero-order valence-electron chi connectivity index (χ0n) is 4.05. The van der Waals surface area contributed by atoms with Crippen molar-refractivity contribution in [1.82, 2.24) is 0 Å². The minimum Gasteiger partial charge on any atom is -0.377 e. The average molecular weight is 120 g/mol. The summed E-state index contributed by atoms with van der Waals surface area (Å²) in [6.07, 6.45) is 0.750. The zero-order chi connectivity index (χ0) is 6.28. The van der Waals surface area contributed by atoms with E-state index < -0.39 is 0 Å². The summed E-state index contributed by atoms with van der Waals surface area (Å²) in [5.41, 5.74) is 9.24. The summed E-state index contributed by atoms with van der Waals surface area (Å²) in [5.74, 6) is 0. The first-order valence-corrected chi connectivity index (χ1v) is 2.00. The van der Waals surface area contributed by atoms with Crippen molar-refractivity contribution in [2.75, 3.05) is 0 Å². The van der Waals surface area contributed by atoms with Gasteiger partial charge in [0, 0.05) is 0 Å². The number of aldehydes is 1. The third-order valence-electron chi connectivity index (χ3n) is 0. The summed E-state index contributed by atoms with van der Waals surface area (Å²) in [6.45, 7) is 1.44. The maximum absolute atomic E-state index is 8.81. The normalized spacial score (nSPS) is 5.29. The van der Waals surface area contributed by atoms with Crippen LogP contribution >= 0.6 is 12.2 Å². The van der Waals surface area contributed by atoms with Gasteiger partial charge in [0.1, 0.15) is 6.29 Å². The smallest absolute Gasteiger partial charge is 0.160 e. The molecule has 0 aromatic carbocycles. The molecule has 0 aliphatic rings. The molecule has 0 heterocycles. The van der Waals surface area contributed by atoms with E-state index in [1.54, 1.807) is 0 Å². The minimum atomic E-state index is 0.000000000000000222. The molecule has 4 heteroatoms. The van der Waals surface area contributed by atoms with Crippen molar-refractivity contribution in [3.63, 3.8) is 0 Å². The quantitative estimate of drug-likeness (QED) is 0.330. The molecule has 0 aromatic rings. The van der Waals surface area contributed by atoms with E-state index in [9.17, 15) is 0 Å². The van der Waals surface area contributed by atoms with Crippen LogP contribution in [0.25, 0.3) is 0 Å². The standard InChI is InChI=1S/C2H4O.CH4N2S/c1-2-3;2-1(3)4/h2H,1H3;(H4,2,3,4). The van der Waals surface area contributed by atoms with Crippen molar-refractivity contribution in [3.05, 3.63) is 0 Å². The molecule has 0 rings (SSSR count). The van der Waals surface area contributed by atoms with Gasteiger partial charge in [-0.1, -0.05) is 0 Å². The van der Waals surface area contributed by atoms with E-state index in [0.717, 1.165) is 6.29 Å². The topological polar surface area (TPSA) is 69.1 Å². The van der Waals surface area contributed by atoms with E-state index in [4.69, 9.17) is 4.79 Å². The number of carbonyl (C=O) groups is 1. The molecule has 0 unspecified atom stereocenters. The van der Waals surface area contributed by atoms with Crippen molar-refractivity contribution in [2.45, 2.75) is 6.92 Å². The van der Waals surface area contributed by atoms with Gasteiger partial charge < -0.3 is 16.3 Å². The summed E-state index contributed by atoms with van der Waals surface area (Å²) in [6, 6.07) is 0. The molecule has 0 fully saturated rings. The fraction of sp³-hybridized carbons (Fsp3) is 0.333. The Morgan fingerprint density at radius 1 is 1.71 bits per heavy atom. The summed E-state index contributed by atoms with van der Waals surface area (Å²) < 4.78 is 0. The molecular formula is C3H8N2OS. The molecular weight excluding hydrogens is 112 g/mol. The van der Waals surface area contributed by atoms with Gasteiger partial charge in [-0.3, -0.25) is 0 Å². The molecule has 0 saturated heterocycles. The van der Waals surface area contributed by atoms with Crippen molar-refractivity contribution in [3.8, 4) is 0 Å². The van der Waals surface area contributed by atoms with Gasteiger partial charge in [0.05, 0.1) is 0 Å². The second-order valence-corrected chi connectivity index (χ2v) is 1.11. The van der Waals surface area contributed by atoms with Crippen LogP contribution in [0, 0.1) is 0 Å². The molecule has 7 heavy (non-hydrogen) atoms. The molecule has 0 spiro atoms. The number of hydrogen-bond donors (Lipinski definition) is 2. The van der Waals surface area contributed by atoms with Crippen LogP contribution in [0.2, 0.25) is 0 Å². The zero-order valence-corrected chi connectivity index (χ0v) is 4.87. The molecule has 0 aliphatic heterocycles. The molecule has 0 radical (unpaired) electrons. The van der Waals surface area contributed by atoms with Crippen LogP contribution in [-0.4, -0.2) is 11.4 Å². The van der Waals surface area contributed by atoms with Gasteiger partial charge in [0.25, 0.3) is 0 Å². The van der Waals surface area contributed by atoms with Gasteiger partial charge >= 0.3 is 0 Å². The van der Waals surface area contributed by atoms with Crippen LogP contribution in [0.1, 0.15) is 6.92 Å². The highest BCUT2D eigenvalue weighted by atomic mass is 32.1. The molecule has 0 saturated carbocycles. The highest BCUT2D eigenvalue weighted by molar-refractivity contribution is 7.80. The third kappa shape index (κ3) is 148. The largest absolute Gasteiger partial charge is 0.377 e. The molecule has 42 valence electrons. The lowest BCUT2D eigenvalue weighted by atomic mass is 11.0. The van der Waals surface area contributed by atoms with Crippen molar-refractivity contribution in [1.29, 1.82) is 0 Å². The first kappa shape index (κ1) is 9.61. The van der Waals surface area contributed by atoms with Crippen LogP contribution < -0.4 is 11.5 Å². The Kier molecular flexibility index (Phi) is 12.4. The Labute approximate surface area is 47.7 Å². The van der Waals surface area contributed by atoms with Crippen molar-refractivity contribution < 1.29 is 4.79 Å². The first-order chi connectivity index (χ1) is 3.15. The van der Waals surface area contributed by atoms with Crippen LogP contribution in [0.4, 0.5) is 0 Å². The van der Waals surface area contributed by atoms with Crippen LogP contribution in [0.3, 0.4) is 0 Å². The molecule has 0 aromatic heterocycles. The summed E-state index contributed by atoms with van der Waals surface area (Å²) >= 11 is 4.09. The van der Waals surface area contributed by atoms with Gasteiger partial charge in [0.2, 0.25) is 0 Å². The van der Waals surface area contributed by atoms with E-state index in [1.165, 1.54) is 6.92 Å². The Bertz CT molecular complexity index is 60.0. The average Bonchev–Trinajstić information content (AvgIpc) is 1.33. The summed E-state index contributed by atoms with van der Waals surface area (Å²) in [5, 5.41) is 0.000000000000000222. The van der Waals surface area contributed by atoms with Crippen molar-refractivity contribution >= 4 is 23.6 Å². The molecule has 0 aliphatic carbocycles. The second-order valence-electron chi connectivity index (χ2n) is 0.638. The highest BCUT2D eigenvalue weighted by Gasteiger charge is 1.53. The predicted molar refractivity (Wildman–Crippen MR) is 32.7 cm³/mol. The highest BCUT2D eigenvalue weighted by Crippen LogP contribution is 1.32. The Hall–Kier alpha value is -0.640. The lowest BCUT2D eigenvalue weighted by Gasteiger charge is -1.68.